The molecule has 0 saturated heterocycles. The van der Waals surface area contributed by atoms with Crippen molar-refractivity contribution in [2.75, 3.05) is 0 Å². The summed E-state index contributed by atoms with van der Waals surface area (Å²) in [7, 11) is -0.754. The van der Waals surface area contributed by atoms with Gasteiger partial charge in [0.15, 0.2) is 0 Å². The van der Waals surface area contributed by atoms with Crippen molar-refractivity contribution in [3.8, 4) is 0 Å². The van der Waals surface area contributed by atoms with Crippen LogP contribution in [0.5, 0.6) is 0 Å². The number of hydrogen-bond donors (Lipinski definition) is 1. The second kappa shape index (κ2) is 11.4. The van der Waals surface area contributed by atoms with Crippen LogP contribution in [0.4, 0.5) is 5.69 Å². The Morgan fingerprint density at radius 1 is 0.794 bits per heavy atom. The van der Waals surface area contributed by atoms with E-state index >= 15 is 0 Å². The molecule has 0 saturated carbocycles. The van der Waals surface area contributed by atoms with E-state index in [1.807, 2.05) is 0 Å². The minimum Gasteiger partial charge on any atom is -0.341 e. The molecule has 2 nitrogen and oxygen atoms in total. The first-order valence-electron chi connectivity index (χ1n) is 12.3. The number of aliphatic imine (C=N–C) groups is 1. The van der Waals surface area contributed by atoms with Crippen LogP contribution in [-0.2, 0) is 0 Å². The van der Waals surface area contributed by atoms with E-state index in [1.165, 1.54) is 21.7 Å². The van der Waals surface area contributed by atoms with Gasteiger partial charge >= 0.3 is 0 Å². The van der Waals surface area contributed by atoms with Crippen molar-refractivity contribution in [1.29, 1.82) is 0 Å². The van der Waals surface area contributed by atoms with Crippen LogP contribution in [-0.4, -0.2) is 5.84 Å². The van der Waals surface area contributed by atoms with Crippen LogP contribution in [0, 0.1) is 0 Å². The van der Waals surface area contributed by atoms with E-state index in [2.05, 4.69) is 130 Å². The highest BCUT2D eigenvalue weighted by Crippen LogP contribution is 2.44. The zero-order chi connectivity index (χ0) is 23.9. The zero-order valence-electron chi connectivity index (χ0n) is 20.7. The summed E-state index contributed by atoms with van der Waals surface area (Å²) < 4.78 is 0. The summed E-state index contributed by atoms with van der Waals surface area (Å²) in [5.74, 6) is 1.74. The molecule has 0 fully saturated rings. The third-order valence-corrected chi connectivity index (χ3v) is 8.32. The van der Waals surface area contributed by atoms with Gasteiger partial charge in [0.25, 0.3) is 0 Å². The van der Waals surface area contributed by atoms with Gasteiger partial charge in [-0.25, -0.2) is 4.99 Å². The lowest BCUT2D eigenvalue weighted by molar-refractivity contribution is 0.834. The standard InChI is InChI=1S/C31H35N2P/c1-23(2)28-21-14-22-29(24(3)4)30(28)32-31(25-15-8-5-9-16-25)33-34(26-17-10-6-11-18-26)27-19-12-7-13-20-27/h5-12,14-19,21-24H,13,20H2,1-4H3,(H,32,33). The first-order valence-corrected chi connectivity index (χ1v) is 13.6. The average Bonchev–Trinajstić information content (AvgIpc) is 2.87. The van der Waals surface area contributed by atoms with E-state index < -0.39 is 8.07 Å². The third kappa shape index (κ3) is 5.75. The average molecular weight is 467 g/mol. The summed E-state index contributed by atoms with van der Waals surface area (Å²) in [4.78, 5) is 5.41. The van der Waals surface area contributed by atoms with E-state index in [0.717, 1.165) is 29.9 Å². The summed E-state index contributed by atoms with van der Waals surface area (Å²) in [5.41, 5.74) is 4.82. The van der Waals surface area contributed by atoms with Crippen molar-refractivity contribution in [2.45, 2.75) is 52.4 Å². The van der Waals surface area contributed by atoms with Crippen molar-refractivity contribution in [2.24, 2.45) is 4.99 Å². The summed E-state index contributed by atoms with van der Waals surface area (Å²) in [6.45, 7) is 9.02. The van der Waals surface area contributed by atoms with Crippen LogP contribution >= 0.6 is 8.07 Å². The first-order chi connectivity index (χ1) is 16.5. The Hall–Kier alpha value is -2.96. The first kappa shape index (κ1) is 24.2. The molecule has 0 aromatic heterocycles. The molecule has 1 aliphatic carbocycles. The number of hydrogen-bond acceptors (Lipinski definition) is 1. The molecular formula is C31H35N2P. The van der Waals surface area contributed by atoms with Gasteiger partial charge in [-0.3, -0.25) is 0 Å². The number of nitrogens with zero attached hydrogens (tertiary/aromatic N) is 1. The number of nitrogens with one attached hydrogen (secondary N) is 1. The molecule has 1 aliphatic rings. The normalized spacial score (nSPS) is 14.9. The molecule has 0 bridgehead atoms. The van der Waals surface area contributed by atoms with Crippen LogP contribution in [0.25, 0.3) is 0 Å². The summed E-state index contributed by atoms with van der Waals surface area (Å²) in [6.07, 6.45) is 8.90. The Balaban J connectivity index is 1.87. The minimum absolute atomic E-state index is 0.399. The molecule has 0 heterocycles. The summed E-state index contributed by atoms with van der Waals surface area (Å²) in [5, 5.41) is 6.73. The Kier molecular flexibility index (Phi) is 8.14. The number of rotatable bonds is 7. The fourth-order valence-electron chi connectivity index (χ4n) is 4.26. The van der Waals surface area contributed by atoms with E-state index in [1.54, 1.807) is 0 Å². The Morgan fingerprint density at radius 2 is 1.41 bits per heavy atom. The highest BCUT2D eigenvalue weighted by Gasteiger charge is 2.21. The highest BCUT2D eigenvalue weighted by atomic mass is 31.1. The quantitative estimate of drug-likeness (QED) is 0.210. The van der Waals surface area contributed by atoms with Gasteiger partial charge in [0.1, 0.15) is 5.84 Å². The molecule has 0 spiro atoms. The molecule has 174 valence electrons. The van der Waals surface area contributed by atoms with Gasteiger partial charge in [0.05, 0.1) is 5.69 Å². The van der Waals surface area contributed by atoms with E-state index in [-0.39, 0.29) is 0 Å². The van der Waals surface area contributed by atoms with Gasteiger partial charge < -0.3 is 5.09 Å². The van der Waals surface area contributed by atoms with Gasteiger partial charge in [0, 0.05) is 13.6 Å². The lowest BCUT2D eigenvalue weighted by atomic mass is 9.93. The highest BCUT2D eigenvalue weighted by molar-refractivity contribution is 7.68. The van der Waals surface area contributed by atoms with Crippen molar-refractivity contribution in [1.82, 2.24) is 5.09 Å². The molecule has 1 atom stereocenters. The Morgan fingerprint density at radius 3 is 1.97 bits per heavy atom. The SMILES string of the molecule is CC(C)c1cccc(C(C)C)c1N=C(NP(C1=CC=CCC1)c1ccccc1)c1ccccc1. The summed E-state index contributed by atoms with van der Waals surface area (Å²) >= 11 is 0. The lowest BCUT2D eigenvalue weighted by Crippen LogP contribution is -2.25. The second-order valence-electron chi connectivity index (χ2n) is 9.33. The predicted molar refractivity (Wildman–Crippen MR) is 150 cm³/mol. The van der Waals surface area contributed by atoms with Crippen LogP contribution in [0.1, 0.15) is 69.1 Å². The minimum atomic E-state index is -0.754. The molecule has 0 amide bonds. The van der Waals surface area contributed by atoms with Crippen LogP contribution in [0.15, 0.2) is 107 Å². The maximum Gasteiger partial charge on any atom is 0.137 e. The molecule has 34 heavy (non-hydrogen) atoms. The smallest absolute Gasteiger partial charge is 0.137 e. The third-order valence-electron chi connectivity index (χ3n) is 6.12. The van der Waals surface area contributed by atoms with E-state index in [0.29, 0.717) is 11.8 Å². The fourth-order valence-corrected chi connectivity index (χ4v) is 6.32. The zero-order valence-corrected chi connectivity index (χ0v) is 21.6. The van der Waals surface area contributed by atoms with E-state index in [4.69, 9.17) is 4.99 Å². The van der Waals surface area contributed by atoms with Crippen molar-refractivity contribution in [3.63, 3.8) is 0 Å². The maximum atomic E-state index is 5.41. The van der Waals surface area contributed by atoms with Gasteiger partial charge in [-0.15, -0.1) is 0 Å². The maximum absolute atomic E-state index is 5.41. The van der Waals surface area contributed by atoms with Gasteiger partial charge in [-0.1, -0.05) is 125 Å². The van der Waals surface area contributed by atoms with Gasteiger partial charge in [0.2, 0.25) is 0 Å². The molecule has 4 rings (SSSR count). The molecule has 0 radical (unpaired) electrons. The molecule has 0 aliphatic heterocycles. The molecule has 1 unspecified atom stereocenters. The monoisotopic (exact) mass is 466 g/mol. The molecule has 3 aromatic carbocycles. The predicted octanol–water partition coefficient (Wildman–Crippen LogP) is 8.56. The van der Waals surface area contributed by atoms with Crippen LogP contribution in [0.2, 0.25) is 0 Å². The molecule has 1 N–H and O–H groups in total. The van der Waals surface area contributed by atoms with Crippen molar-refractivity contribution in [3.05, 3.63) is 119 Å². The fraction of sp³-hybridized carbons (Fsp3) is 0.258. The second-order valence-corrected chi connectivity index (χ2v) is 11.3. The number of amidine groups is 1. The molecular weight excluding hydrogens is 431 g/mol. The van der Waals surface area contributed by atoms with Gasteiger partial charge in [-0.2, -0.15) is 0 Å². The number of allylic oxidation sites excluding steroid dienone is 4. The van der Waals surface area contributed by atoms with Crippen LogP contribution < -0.4 is 10.4 Å². The van der Waals surface area contributed by atoms with Crippen LogP contribution in [0.3, 0.4) is 0 Å². The topological polar surface area (TPSA) is 24.4 Å². The Labute approximate surface area is 206 Å². The number of benzene rings is 3. The Bertz CT molecular complexity index is 1150. The van der Waals surface area contributed by atoms with Crippen molar-refractivity contribution < 1.29 is 0 Å². The van der Waals surface area contributed by atoms with Gasteiger partial charge in [-0.05, 0) is 46.4 Å². The molecule has 3 aromatic rings. The van der Waals surface area contributed by atoms with Crippen molar-refractivity contribution >= 4 is 24.9 Å². The summed E-state index contributed by atoms with van der Waals surface area (Å²) in [6, 6.07) is 28.0. The van der Waals surface area contributed by atoms with E-state index in [9.17, 15) is 0 Å². The largest absolute Gasteiger partial charge is 0.341 e. The number of para-hydroxylation sites is 1. The lowest BCUT2D eigenvalue weighted by Gasteiger charge is -2.26. The molecule has 3 heteroatoms.